The van der Waals surface area contributed by atoms with Crippen LogP contribution in [0.15, 0.2) is 36.7 Å². The average Bonchev–Trinajstić information content (AvgIpc) is 3.21. The quantitative estimate of drug-likeness (QED) is 0.450. The Hall–Kier alpha value is -3.19. The molecule has 2 atom stereocenters. The number of hydrogen-bond donors (Lipinski definition) is 0. The average molecular weight is 432 g/mol. The summed E-state index contributed by atoms with van der Waals surface area (Å²) in [6.07, 6.45) is 5.45. The van der Waals surface area contributed by atoms with Crippen molar-refractivity contribution < 1.29 is 9.13 Å². The lowest BCUT2D eigenvalue weighted by molar-refractivity contribution is 0.00465. The summed E-state index contributed by atoms with van der Waals surface area (Å²) in [6.45, 7) is 6.37. The zero-order valence-electron chi connectivity index (χ0n) is 18.8. The van der Waals surface area contributed by atoms with E-state index < -0.39 is 0 Å². The second-order valence-electron chi connectivity index (χ2n) is 8.67. The number of hydrogen-bond acceptors (Lipinski definition) is 5. The van der Waals surface area contributed by atoms with Gasteiger partial charge in [-0.25, -0.2) is 19.3 Å². The second-order valence-corrected chi connectivity index (χ2v) is 8.67. The minimum atomic E-state index is -0.260. The molecule has 32 heavy (non-hydrogen) atoms. The van der Waals surface area contributed by atoms with E-state index in [2.05, 4.69) is 5.10 Å². The van der Waals surface area contributed by atoms with Gasteiger partial charge in [0.2, 0.25) is 0 Å². The number of nitrogens with zero attached hydrogens (tertiary/aromatic N) is 5. The van der Waals surface area contributed by atoms with Gasteiger partial charge in [0, 0.05) is 48.2 Å². The molecule has 0 saturated carbocycles. The third-order valence-corrected chi connectivity index (χ3v) is 6.28. The van der Waals surface area contributed by atoms with E-state index in [0.29, 0.717) is 23.3 Å². The molecule has 1 aromatic carbocycles. The standard InChI is InChI=1S/C25H26FN5O/c1-14-5-6-19(21(26)9-14)20-11-22(30-25-24(20)28-15(2)16(3)29-25)17-7-8-32-23(10-17)18-12-27-31(4)13-18/h5-6,9,11-13,17,23H,7-8,10H2,1-4H3/t17-,23+/m1/s1. The van der Waals surface area contributed by atoms with Gasteiger partial charge in [0.25, 0.3) is 0 Å². The van der Waals surface area contributed by atoms with Crippen molar-refractivity contribution in [2.24, 2.45) is 7.05 Å². The van der Waals surface area contributed by atoms with Crippen molar-refractivity contribution in [2.75, 3.05) is 6.61 Å². The van der Waals surface area contributed by atoms with Gasteiger partial charge in [-0.1, -0.05) is 12.1 Å². The van der Waals surface area contributed by atoms with E-state index in [-0.39, 0.29) is 17.8 Å². The van der Waals surface area contributed by atoms with Crippen molar-refractivity contribution in [1.29, 1.82) is 0 Å². The monoisotopic (exact) mass is 431 g/mol. The van der Waals surface area contributed by atoms with Gasteiger partial charge in [-0.05, 0) is 51.3 Å². The zero-order valence-corrected chi connectivity index (χ0v) is 18.8. The van der Waals surface area contributed by atoms with E-state index in [1.807, 2.05) is 58.4 Å². The number of aryl methyl sites for hydroxylation is 4. The van der Waals surface area contributed by atoms with Crippen LogP contribution in [0.1, 0.15) is 53.1 Å². The maximum atomic E-state index is 15.0. The molecule has 0 amide bonds. The van der Waals surface area contributed by atoms with Crippen LogP contribution in [0, 0.1) is 26.6 Å². The first-order valence-corrected chi connectivity index (χ1v) is 10.9. The normalized spacial score (nSPS) is 18.9. The van der Waals surface area contributed by atoms with Crippen LogP contribution in [0.2, 0.25) is 0 Å². The Morgan fingerprint density at radius 3 is 2.59 bits per heavy atom. The molecular weight excluding hydrogens is 405 g/mol. The van der Waals surface area contributed by atoms with Crippen molar-refractivity contribution >= 4 is 11.2 Å². The summed E-state index contributed by atoms with van der Waals surface area (Å²) in [4.78, 5) is 14.3. The molecule has 6 nitrogen and oxygen atoms in total. The van der Waals surface area contributed by atoms with Gasteiger partial charge in [-0.2, -0.15) is 5.10 Å². The van der Waals surface area contributed by atoms with Crippen molar-refractivity contribution in [1.82, 2.24) is 24.7 Å². The van der Waals surface area contributed by atoms with Crippen LogP contribution in [0.4, 0.5) is 4.39 Å². The lowest BCUT2D eigenvalue weighted by Crippen LogP contribution is -2.19. The van der Waals surface area contributed by atoms with Gasteiger partial charge in [-0.15, -0.1) is 0 Å². The minimum Gasteiger partial charge on any atom is -0.373 e. The summed E-state index contributed by atoms with van der Waals surface area (Å²) in [5, 5.41) is 4.28. The van der Waals surface area contributed by atoms with Crippen LogP contribution < -0.4 is 0 Å². The van der Waals surface area contributed by atoms with E-state index in [1.54, 1.807) is 10.7 Å². The third-order valence-electron chi connectivity index (χ3n) is 6.28. The maximum Gasteiger partial charge on any atom is 0.179 e. The van der Waals surface area contributed by atoms with Crippen LogP contribution in [-0.2, 0) is 11.8 Å². The lowest BCUT2D eigenvalue weighted by atomic mass is 9.88. The highest BCUT2D eigenvalue weighted by molar-refractivity contribution is 5.90. The fourth-order valence-corrected chi connectivity index (χ4v) is 4.38. The van der Waals surface area contributed by atoms with Gasteiger partial charge in [0.1, 0.15) is 11.3 Å². The van der Waals surface area contributed by atoms with Crippen molar-refractivity contribution in [3.63, 3.8) is 0 Å². The fourth-order valence-electron chi connectivity index (χ4n) is 4.38. The summed E-state index contributed by atoms with van der Waals surface area (Å²) in [5.41, 5.74) is 6.96. The van der Waals surface area contributed by atoms with E-state index in [0.717, 1.165) is 46.6 Å². The summed E-state index contributed by atoms with van der Waals surface area (Å²) in [6, 6.07) is 7.30. The molecule has 5 rings (SSSR count). The van der Waals surface area contributed by atoms with Gasteiger partial charge >= 0.3 is 0 Å². The number of halogens is 1. The number of rotatable bonds is 3. The van der Waals surface area contributed by atoms with Crippen molar-refractivity contribution in [2.45, 2.75) is 45.6 Å². The highest BCUT2D eigenvalue weighted by Gasteiger charge is 2.28. The van der Waals surface area contributed by atoms with E-state index in [9.17, 15) is 0 Å². The summed E-state index contributed by atoms with van der Waals surface area (Å²) in [7, 11) is 1.90. The molecule has 0 N–H and O–H groups in total. The molecule has 1 aliphatic rings. The van der Waals surface area contributed by atoms with Crippen molar-refractivity contribution in [3.05, 3.63) is 70.7 Å². The molecule has 0 bridgehead atoms. The SMILES string of the molecule is Cc1ccc(-c2cc([C@@H]3CCO[C@H](c4cnn(C)c4)C3)nc3nc(C)c(C)nc23)c(F)c1. The summed E-state index contributed by atoms with van der Waals surface area (Å²) in [5.74, 6) is -0.0854. The number of ether oxygens (including phenoxy) is 1. The smallest absolute Gasteiger partial charge is 0.179 e. The number of benzene rings is 1. The first-order chi connectivity index (χ1) is 15.4. The van der Waals surface area contributed by atoms with Gasteiger partial charge in [0.15, 0.2) is 5.65 Å². The molecule has 4 heterocycles. The molecule has 0 aliphatic carbocycles. The highest BCUT2D eigenvalue weighted by Crippen LogP contribution is 2.39. The number of aromatic nitrogens is 5. The Morgan fingerprint density at radius 1 is 1.03 bits per heavy atom. The third kappa shape index (κ3) is 3.77. The lowest BCUT2D eigenvalue weighted by Gasteiger charge is -2.29. The molecule has 0 spiro atoms. The number of fused-ring (bicyclic) bond motifs is 1. The molecule has 7 heteroatoms. The first kappa shape index (κ1) is 20.7. The van der Waals surface area contributed by atoms with E-state index >= 15 is 4.39 Å². The van der Waals surface area contributed by atoms with Crippen LogP contribution in [0.25, 0.3) is 22.3 Å². The molecule has 1 saturated heterocycles. The van der Waals surface area contributed by atoms with Crippen LogP contribution in [0.3, 0.4) is 0 Å². The largest absolute Gasteiger partial charge is 0.373 e. The Kier molecular flexibility index (Phi) is 5.21. The predicted octanol–water partition coefficient (Wildman–Crippen LogP) is 5.12. The van der Waals surface area contributed by atoms with Gasteiger partial charge in [0.05, 0.1) is 23.7 Å². The minimum absolute atomic E-state index is 0.0367. The van der Waals surface area contributed by atoms with E-state index in [4.69, 9.17) is 19.7 Å². The molecule has 0 unspecified atom stereocenters. The molecule has 0 radical (unpaired) electrons. The van der Waals surface area contributed by atoms with Gasteiger partial charge < -0.3 is 4.74 Å². The molecular formula is C25H26FN5O. The summed E-state index contributed by atoms with van der Waals surface area (Å²) >= 11 is 0. The number of pyridine rings is 1. The summed E-state index contributed by atoms with van der Waals surface area (Å²) < 4.78 is 22.8. The Bertz CT molecular complexity index is 1320. The highest BCUT2D eigenvalue weighted by atomic mass is 19.1. The van der Waals surface area contributed by atoms with E-state index in [1.165, 1.54) is 0 Å². The molecule has 1 aliphatic heterocycles. The molecule has 1 fully saturated rings. The van der Waals surface area contributed by atoms with Gasteiger partial charge in [-0.3, -0.25) is 4.68 Å². The van der Waals surface area contributed by atoms with Crippen LogP contribution in [0.5, 0.6) is 0 Å². The van der Waals surface area contributed by atoms with Crippen molar-refractivity contribution in [3.8, 4) is 11.1 Å². The van der Waals surface area contributed by atoms with Crippen LogP contribution >= 0.6 is 0 Å². The maximum absolute atomic E-state index is 15.0. The predicted molar refractivity (Wildman–Crippen MR) is 121 cm³/mol. The molecule has 4 aromatic rings. The molecule has 164 valence electrons. The first-order valence-electron chi connectivity index (χ1n) is 10.9. The molecule has 3 aromatic heterocycles. The Labute approximate surface area is 186 Å². The Morgan fingerprint density at radius 2 is 1.84 bits per heavy atom. The fraction of sp³-hybridized carbons (Fsp3) is 0.360. The van der Waals surface area contributed by atoms with Crippen LogP contribution in [-0.4, -0.2) is 31.3 Å². The topological polar surface area (TPSA) is 65.7 Å². The second kappa shape index (κ2) is 8.06. The Balaban J connectivity index is 1.62. The zero-order chi connectivity index (χ0) is 22.4.